The largest absolute Gasteiger partial charge is 0.271 e. The van der Waals surface area contributed by atoms with Crippen LogP contribution in [-0.2, 0) is 0 Å². The molecule has 0 spiro atoms. The van der Waals surface area contributed by atoms with Crippen LogP contribution >= 0.6 is 22.9 Å². The Morgan fingerprint density at radius 2 is 2.05 bits per heavy atom. The van der Waals surface area contributed by atoms with Gasteiger partial charge in [-0.15, -0.1) is 11.3 Å². The molecule has 0 aliphatic rings. The molecule has 3 N–H and O–H groups in total. The number of hydrazine groups is 1. The van der Waals surface area contributed by atoms with Gasteiger partial charge in [0.25, 0.3) is 0 Å². The number of pyridine rings is 1. The van der Waals surface area contributed by atoms with Gasteiger partial charge in [0.05, 0.1) is 15.9 Å². The lowest BCUT2D eigenvalue weighted by Crippen LogP contribution is -2.28. The summed E-state index contributed by atoms with van der Waals surface area (Å²) in [6, 6.07) is 13.9. The number of hydrogen-bond acceptors (Lipinski definition) is 4. The molecule has 1 aromatic carbocycles. The molecule has 19 heavy (non-hydrogen) atoms. The molecule has 1 atom stereocenters. The molecular formula is C14H12ClN3S. The van der Waals surface area contributed by atoms with Gasteiger partial charge in [0.1, 0.15) is 0 Å². The third kappa shape index (κ3) is 2.48. The van der Waals surface area contributed by atoms with Crippen LogP contribution in [0, 0.1) is 0 Å². The summed E-state index contributed by atoms with van der Waals surface area (Å²) in [7, 11) is 0. The van der Waals surface area contributed by atoms with Gasteiger partial charge in [-0.05, 0) is 29.8 Å². The molecule has 1 unspecified atom stereocenters. The second kappa shape index (κ2) is 5.27. The van der Waals surface area contributed by atoms with E-state index in [2.05, 4.69) is 16.5 Å². The zero-order chi connectivity index (χ0) is 13.2. The zero-order valence-corrected chi connectivity index (χ0v) is 11.6. The summed E-state index contributed by atoms with van der Waals surface area (Å²) in [4.78, 5) is 5.53. The van der Waals surface area contributed by atoms with Gasteiger partial charge in [0.2, 0.25) is 0 Å². The van der Waals surface area contributed by atoms with Gasteiger partial charge in [0.15, 0.2) is 0 Å². The van der Waals surface area contributed by atoms with Crippen molar-refractivity contribution in [2.75, 3.05) is 0 Å². The van der Waals surface area contributed by atoms with Crippen LogP contribution < -0.4 is 11.3 Å². The van der Waals surface area contributed by atoms with Crippen LogP contribution in [-0.4, -0.2) is 4.98 Å². The SMILES string of the molecule is NNC(c1cnc2ccccc2c1)c1ccc(Cl)s1. The van der Waals surface area contributed by atoms with E-state index in [-0.39, 0.29) is 6.04 Å². The molecule has 5 heteroatoms. The molecule has 3 nitrogen and oxygen atoms in total. The molecule has 0 fully saturated rings. The summed E-state index contributed by atoms with van der Waals surface area (Å²) in [6.45, 7) is 0. The lowest BCUT2D eigenvalue weighted by Gasteiger charge is -2.14. The normalized spacial score (nSPS) is 12.7. The number of nitrogens with one attached hydrogen (secondary N) is 1. The minimum atomic E-state index is -0.0883. The molecule has 0 amide bonds. The van der Waals surface area contributed by atoms with Gasteiger partial charge in [-0.1, -0.05) is 29.8 Å². The van der Waals surface area contributed by atoms with Crippen LogP contribution in [0.2, 0.25) is 4.34 Å². The summed E-state index contributed by atoms with van der Waals surface area (Å²) in [5.41, 5.74) is 4.83. The Hall–Kier alpha value is -1.46. The van der Waals surface area contributed by atoms with Gasteiger partial charge in [0, 0.05) is 16.5 Å². The highest BCUT2D eigenvalue weighted by Crippen LogP contribution is 2.31. The van der Waals surface area contributed by atoms with Gasteiger partial charge in [-0.25, -0.2) is 5.43 Å². The number of hydrogen-bond donors (Lipinski definition) is 2. The van der Waals surface area contributed by atoms with E-state index in [1.807, 2.05) is 42.6 Å². The minimum absolute atomic E-state index is 0.0883. The van der Waals surface area contributed by atoms with Gasteiger partial charge in [-0.2, -0.15) is 0 Å². The van der Waals surface area contributed by atoms with Crippen molar-refractivity contribution in [3.8, 4) is 0 Å². The number of nitrogens with two attached hydrogens (primary N) is 1. The number of aromatic nitrogens is 1. The van der Waals surface area contributed by atoms with E-state index in [1.54, 1.807) is 0 Å². The van der Waals surface area contributed by atoms with Crippen molar-refractivity contribution in [2.45, 2.75) is 6.04 Å². The number of para-hydroxylation sites is 1. The predicted octanol–water partition coefficient (Wildman–Crippen LogP) is 3.50. The van der Waals surface area contributed by atoms with Crippen molar-refractivity contribution in [1.29, 1.82) is 0 Å². The fraction of sp³-hybridized carbons (Fsp3) is 0.0714. The Kier molecular flexibility index (Phi) is 3.48. The maximum absolute atomic E-state index is 5.98. The van der Waals surface area contributed by atoms with Crippen LogP contribution in [0.25, 0.3) is 10.9 Å². The second-order valence-electron chi connectivity index (χ2n) is 4.20. The molecule has 0 bridgehead atoms. The summed E-state index contributed by atoms with van der Waals surface area (Å²) in [5, 5.41) is 1.10. The Bertz CT molecular complexity index is 710. The van der Waals surface area contributed by atoms with Gasteiger partial charge in [-0.3, -0.25) is 10.8 Å². The third-order valence-electron chi connectivity index (χ3n) is 2.99. The highest BCUT2D eigenvalue weighted by Gasteiger charge is 2.15. The lowest BCUT2D eigenvalue weighted by molar-refractivity contribution is 0.645. The zero-order valence-electron chi connectivity index (χ0n) is 10.0. The van der Waals surface area contributed by atoms with Crippen molar-refractivity contribution in [3.05, 3.63) is 63.4 Å². The number of nitrogens with zero attached hydrogens (tertiary/aromatic N) is 1. The quantitative estimate of drug-likeness (QED) is 0.573. The molecule has 0 radical (unpaired) electrons. The first-order valence-corrected chi connectivity index (χ1v) is 7.03. The Balaban J connectivity index is 2.06. The molecule has 0 aliphatic heterocycles. The maximum atomic E-state index is 5.98. The van der Waals surface area contributed by atoms with Crippen LogP contribution in [0.3, 0.4) is 0 Å². The lowest BCUT2D eigenvalue weighted by atomic mass is 10.1. The van der Waals surface area contributed by atoms with E-state index in [0.29, 0.717) is 0 Å². The van der Waals surface area contributed by atoms with Crippen molar-refractivity contribution in [3.63, 3.8) is 0 Å². The standard InChI is InChI=1S/C14H12ClN3S/c15-13-6-5-12(19-13)14(18-16)10-7-9-3-1-2-4-11(9)17-8-10/h1-8,14,18H,16H2. The van der Waals surface area contributed by atoms with Gasteiger partial charge < -0.3 is 0 Å². The van der Waals surface area contributed by atoms with Crippen molar-refractivity contribution in [1.82, 2.24) is 10.4 Å². The molecule has 0 aliphatic carbocycles. The molecule has 2 aromatic heterocycles. The Morgan fingerprint density at radius 3 is 2.79 bits per heavy atom. The molecule has 3 aromatic rings. The number of benzene rings is 1. The second-order valence-corrected chi connectivity index (χ2v) is 5.95. The minimum Gasteiger partial charge on any atom is -0.271 e. The van der Waals surface area contributed by atoms with E-state index in [4.69, 9.17) is 17.4 Å². The molecule has 96 valence electrons. The maximum Gasteiger partial charge on any atom is 0.0931 e. The number of halogens is 1. The summed E-state index contributed by atoms with van der Waals surface area (Å²) in [5.74, 6) is 5.68. The monoisotopic (exact) mass is 289 g/mol. The molecule has 0 saturated carbocycles. The highest BCUT2D eigenvalue weighted by atomic mass is 35.5. The first kappa shape index (κ1) is 12.6. The molecule has 3 rings (SSSR count). The van der Waals surface area contributed by atoms with E-state index >= 15 is 0 Å². The van der Waals surface area contributed by atoms with Crippen LogP contribution in [0.5, 0.6) is 0 Å². The first-order chi connectivity index (χ1) is 9.28. The fourth-order valence-electron chi connectivity index (χ4n) is 2.07. The fourth-order valence-corrected chi connectivity index (χ4v) is 3.22. The molecule has 0 saturated heterocycles. The summed E-state index contributed by atoms with van der Waals surface area (Å²) >= 11 is 7.49. The van der Waals surface area contributed by atoms with E-state index in [1.165, 1.54) is 11.3 Å². The number of rotatable bonds is 3. The number of thiophene rings is 1. The summed E-state index contributed by atoms with van der Waals surface area (Å²) < 4.78 is 0.754. The predicted molar refractivity (Wildman–Crippen MR) is 80.2 cm³/mol. The smallest absolute Gasteiger partial charge is 0.0931 e. The van der Waals surface area contributed by atoms with Gasteiger partial charge >= 0.3 is 0 Å². The topological polar surface area (TPSA) is 50.9 Å². The van der Waals surface area contributed by atoms with E-state index < -0.39 is 0 Å². The van der Waals surface area contributed by atoms with E-state index in [9.17, 15) is 0 Å². The van der Waals surface area contributed by atoms with E-state index in [0.717, 1.165) is 25.7 Å². The molecular weight excluding hydrogens is 278 g/mol. The highest BCUT2D eigenvalue weighted by molar-refractivity contribution is 7.16. The number of fused-ring (bicyclic) bond motifs is 1. The van der Waals surface area contributed by atoms with Crippen molar-refractivity contribution < 1.29 is 0 Å². The third-order valence-corrected chi connectivity index (χ3v) is 4.29. The van der Waals surface area contributed by atoms with Crippen molar-refractivity contribution >= 4 is 33.8 Å². The average Bonchev–Trinajstić information content (AvgIpc) is 2.86. The van der Waals surface area contributed by atoms with Crippen molar-refractivity contribution in [2.24, 2.45) is 5.84 Å². The van der Waals surface area contributed by atoms with Crippen LogP contribution in [0.15, 0.2) is 48.7 Å². The average molecular weight is 290 g/mol. The summed E-state index contributed by atoms with van der Waals surface area (Å²) in [6.07, 6.45) is 1.85. The first-order valence-electron chi connectivity index (χ1n) is 5.84. The Labute approximate surface area is 120 Å². The Morgan fingerprint density at radius 1 is 1.21 bits per heavy atom. The van der Waals surface area contributed by atoms with Crippen LogP contribution in [0.1, 0.15) is 16.5 Å². The molecule has 2 heterocycles. The van der Waals surface area contributed by atoms with Crippen LogP contribution in [0.4, 0.5) is 0 Å².